The summed E-state index contributed by atoms with van der Waals surface area (Å²) >= 11 is 0. The minimum atomic E-state index is -1.45. The van der Waals surface area contributed by atoms with Gasteiger partial charge in [-0.05, 0) is 174 Å². The van der Waals surface area contributed by atoms with Crippen molar-refractivity contribution in [1.29, 1.82) is 0 Å². The molecular formula is C89H112O45-12. The summed E-state index contributed by atoms with van der Waals surface area (Å²) < 4.78 is 0. The van der Waals surface area contributed by atoms with Crippen molar-refractivity contribution in [1.82, 2.24) is 0 Å². The maximum absolute atomic E-state index is 10.9. The minimum Gasteiger partial charge on any atom is -0.550 e. The number of rotatable bonds is 52. The van der Waals surface area contributed by atoms with Crippen LogP contribution in [-0.4, -0.2) is 194 Å². The van der Waals surface area contributed by atoms with Gasteiger partial charge in [-0.3, -0.25) is 43.2 Å². The molecule has 11 N–H and O–H groups in total. The van der Waals surface area contributed by atoms with Crippen LogP contribution in [-0.2, 0) is 86.3 Å². The van der Waals surface area contributed by atoms with Gasteiger partial charge in [0.05, 0.1) is 54.8 Å². The van der Waals surface area contributed by atoms with Crippen molar-refractivity contribution >= 4 is 153 Å². The highest BCUT2D eigenvalue weighted by atomic mass is 16.4. The Hall–Kier alpha value is -14.6. The standard InChI is InChI=1S/2C12H8O4.C10H16O4.C10H18O4.C9H16O4.C8H14O4.C7H12O4.C6H10O4.C6H8O4.C5H8O5.C4H6O4/c13-11(14)9-5-1-3-7-8(9)4-2-6-10(7)12(15)16;13-11(14)8-5-4-7-2-1-3-9(12(15)16)10(7)6-8;11-9(12)7-3-1-4-8(10(13)14)6-2-5-7;11-9(12)7-5-3-1-2-4-6-8-10(13)14;10-8(11)6-4-2-1-3-5-7-9(12)13;9-7(10)5-3-1-2-4-6-8(11)12;8-6(9)4-2-1-3-5-7(10)11;2*7-5(8)3-1-2-4-6(9)10;6-3(1-4(7)8)2-5(9)10;5-3(6)1-2-4(7)8/h2*1-6H,(H,13,14)(H,15,16);7-8H,1-6H2,(H,11,12)(H,13,14);1-8H2,(H,11,12)(H,13,14);1-7H2,(H,10,11)(H,12,13);1-6H2,(H,9,10)(H,11,12);1-5H2,(H,8,9)(H,10,11);1-4H2,(H,7,8)(H,9,10);1-2H,3-4H2,(H,7,8)(H,9,10);3,6H,1-2H2,(H,7,8)(H,9,10);1-2H2,(H,5,6)(H,7,8)/p-12/b;;;;;;;;2-1+;;. The summed E-state index contributed by atoms with van der Waals surface area (Å²) in [6.07, 6.45) is 17.9. The first-order valence-corrected chi connectivity index (χ1v) is 41.7. The van der Waals surface area contributed by atoms with E-state index >= 15 is 0 Å². The molecule has 4 aromatic carbocycles. The fraction of sp³-hybridized carbons (Fsp3) is 0.506. The third kappa shape index (κ3) is 89.4. The van der Waals surface area contributed by atoms with E-state index in [1.807, 2.05) is 0 Å². The summed E-state index contributed by atoms with van der Waals surface area (Å²) in [7, 11) is 0. The molecule has 1 saturated carbocycles. The second kappa shape index (κ2) is 82.8. The number of carboxylic acid groups (broad SMARTS) is 22. The van der Waals surface area contributed by atoms with E-state index in [-0.39, 0.29) is 118 Å². The van der Waals surface area contributed by atoms with E-state index in [2.05, 4.69) is 0 Å². The van der Waals surface area contributed by atoms with Gasteiger partial charge in [0.1, 0.15) is 0 Å². The average molecular weight is 1900 g/mol. The van der Waals surface area contributed by atoms with E-state index in [9.17, 15) is 167 Å². The van der Waals surface area contributed by atoms with Crippen LogP contribution in [0.15, 0.2) is 84.9 Å². The van der Waals surface area contributed by atoms with Crippen molar-refractivity contribution < 1.29 is 223 Å². The monoisotopic (exact) mass is 1900 g/mol. The summed E-state index contributed by atoms with van der Waals surface area (Å²) in [5.74, 6) is -24.0. The Balaban J connectivity index is -0.000000338. The highest BCUT2D eigenvalue weighted by molar-refractivity contribution is 6.10. The molecule has 0 heterocycles. The van der Waals surface area contributed by atoms with E-state index in [1.165, 1.54) is 60.7 Å². The summed E-state index contributed by atoms with van der Waals surface area (Å²) in [6.45, 7) is 0. The molecule has 0 bridgehead atoms. The van der Waals surface area contributed by atoms with Crippen LogP contribution in [0.2, 0.25) is 0 Å². The molecule has 0 radical (unpaired) electrons. The fourth-order valence-electron chi connectivity index (χ4n) is 10.8. The SMILES string of the molecule is O=C([O-])C/C=C/CC(=O)O.O=C([O-])C1CCCC(C(=O)O)CCC1.O=C([O-])CC(O)CC(=O)O.O=C([O-])CCC(=O)O.O=C([O-])CCCCC(=O)O.O=C([O-])CCCCCC(=O)O.O=C([O-])CCCCCCC(=O)O.O=C([O-])CCCCCCCC(=O)O.O=C([O-])CCCCCCCCC(=O)O.O=C([O-])c1ccc2cccc(C(=O)[O-])c2c1.O=C([O-])c1cccc2c(C(=O)O)cccc12. The number of hydrogen-bond acceptors (Lipinski definition) is 35. The predicted octanol–water partition coefficient (Wildman–Crippen LogP) is -2.60. The van der Waals surface area contributed by atoms with Gasteiger partial charge >= 0.3 is 59.7 Å². The van der Waals surface area contributed by atoms with Gasteiger partial charge < -0.3 is 175 Å². The predicted molar refractivity (Wildman–Crippen MR) is 438 cm³/mol. The van der Waals surface area contributed by atoms with Gasteiger partial charge in [0.15, 0.2) is 0 Å². The molecular weight excluding hydrogens is 1790 g/mol. The van der Waals surface area contributed by atoms with Crippen LogP contribution < -0.4 is 61.3 Å². The number of aliphatic carboxylic acids is 18. The molecule has 0 aromatic heterocycles. The molecule has 45 heteroatoms. The number of aromatic carboxylic acids is 4. The van der Waals surface area contributed by atoms with Gasteiger partial charge in [0.25, 0.3) is 0 Å². The van der Waals surface area contributed by atoms with E-state index in [1.54, 1.807) is 24.3 Å². The van der Waals surface area contributed by atoms with Gasteiger partial charge in [-0.1, -0.05) is 150 Å². The Bertz CT molecular complexity index is 4090. The van der Waals surface area contributed by atoms with Crippen LogP contribution in [0.4, 0.5) is 0 Å². The highest BCUT2D eigenvalue weighted by Crippen LogP contribution is 2.27. The van der Waals surface area contributed by atoms with Crippen LogP contribution in [0.25, 0.3) is 21.5 Å². The first-order chi connectivity index (χ1) is 62.7. The van der Waals surface area contributed by atoms with Crippen LogP contribution in [0.5, 0.6) is 0 Å². The summed E-state index contributed by atoms with van der Waals surface area (Å²) in [4.78, 5) is 223. The van der Waals surface area contributed by atoms with E-state index < -0.39 is 157 Å². The topological polar surface area (TPSA) is 875 Å². The van der Waals surface area contributed by atoms with Gasteiger partial charge in [-0.2, -0.15) is 0 Å². The summed E-state index contributed by atoms with van der Waals surface area (Å²) in [5.41, 5.74) is 0.00278. The maximum atomic E-state index is 10.9. The van der Waals surface area contributed by atoms with Crippen molar-refractivity contribution in [2.45, 2.75) is 276 Å². The quantitative estimate of drug-likeness (QED) is 0.0160. The smallest absolute Gasteiger partial charge is 0.336 e. The van der Waals surface area contributed by atoms with Gasteiger partial charge in [0, 0.05) is 110 Å². The molecule has 750 valence electrons. The highest BCUT2D eigenvalue weighted by Gasteiger charge is 2.22. The summed E-state index contributed by atoms with van der Waals surface area (Å²) in [6, 6.07) is 17.8. The zero-order valence-electron chi connectivity index (χ0n) is 73.3. The molecule has 0 aliphatic heterocycles. The molecule has 1 unspecified atom stereocenters. The minimum absolute atomic E-state index is 0.000556. The number of fused-ring (bicyclic) bond motifs is 2. The normalized spacial score (nSPS) is 12.0. The first kappa shape index (κ1) is 130. The largest absolute Gasteiger partial charge is 0.550 e. The Morgan fingerprint density at radius 3 is 0.866 bits per heavy atom. The second-order valence-corrected chi connectivity index (χ2v) is 28.7. The number of carboxylic acids is 22. The van der Waals surface area contributed by atoms with E-state index in [0.29, 0.717) is 124 Å². The molecule has 1 aliphatic rings. The Kier molecular flexibility index (Phi) is 80.5. The molecule has 5 rings (SSSR count). The Morgan fingerprint density at radius 1 is 0.276 bits per heavy atom. The number of hydrogen-bond donors (Lipinski definition) is 11. The molecule has 1 fully saturated rings. The number of carbonyl (C=O) groups excluding carboxylic acids is 12. The third-order valence-corrected chi connectivity index (χ3v) is 17.3. The zero-order valence-corrected chi connectivity index (χ0v) is 73.3. The third-order valence-electron chi connectivity index (χ3n) is 17.3. The molecule has 0 amide bonds. The average Bonchev–Trinajstić information content (AvgIpc) is 0.794. The maximum Gasteiger partial charge on any atom is 0.336 e. The Labute approximate surface area is 767 Å². The van der Waals surface area contributed by atoms with Gasteiger partial charge in [-0.25, -0.2) is 4.79 Å². The molecule has 45 nitrogen and oxygen atoms in total. The number of unbranched alkanes of at least 4 members (excludes halogenated alkanes) is 15. The van der Waals surface area contributed by atoms with Crippen molar-refractivity contribution in [3.63, 3.8) is 0 Å². The van der Waals surface area contributed by atoms with Crippen LogP contribution in [0.1, 0.15) is 311 Å². The number of aliphatic hydroxyl groups excluding tert-OH is 1. The van der Waals surface area contributed by atoms with Crippen LogP contribution in [0, 0.1) is 11.8 Å². The van der Waals surface area contributed by atoms with Crippen molar-refractivity contribution in [3.8, 4) is 0 Å². The van der Waals surface area contributed by atoms with Crippen LogP contribution in [0.3, 0.4) is 0 Å². The molecule has 1 aliphatic carbocycles. The number of carbonyl (C=O) groups is 22. The van der Waals surface area contributed by atoms with Gasteiger partial charge in [0.2, 0.25) is 0 Å². The lowest BCUT2D eigenvalue weighted by Gasteiger charge is -2.23. The van der Waals surface area contributed by atoms with Crippen molar-refractivity contribution in [2.24, 2.45) is 11.8 Å². The Morgan fingerprint density at radius 2 is 0.575 bits per heavy atom. The molecule has 4 aromatic rings. The molecule has 0 spiro atoms. The van der Waals surface area contributed by atoms with E-state index in [0.717, 1.165) is 64.2 Å². The first-order valence-electron chi connectivity index (χ1n) is 41.7. The number of benzene rings is 4. The van der Waals surface area contributed by atoms with Crippen molar-refractivity contribution in [3.05, 3.63) is 107 Å². The zero-order chi connectivity index (χ0) is 104. The lowest BCUT2D eigenvalue weighted by Crippen LogP contribution is -2.32. The fourth-order valence-corrected chi connectivity index (χ4v) is 10.8. The van der Waals surface area contributed by atoms with Crippen LogP contribution >= 0.6 is 0 Å². The lowest BCUT2D eigenvalue weighted by molar-refractivity contribution is -0.313. The van der Waals surface area contributed by atoms with Crippen molar-refractivity contribution in [2.75, 3.05) is 0 Å². The van der Waals surface area contributed by atoms with E-state index in [4.69, 9.17) is 56.2 Å². The molecule has 134 heavy (non-hydrogen) atoms. The summed E-state index contributed by atoms with van der Waals surface area (Å²) in [5, 5.41) is 215. The lowest BCUT2D eigenvalue weighted by atomic mass is 9.86. The molecule has 1 atom stereocenters. The number of aliphatic hydroxyl groups is 1. The van der Waals surface area contributed by atoms with Gasteiger partial charge in [-0.15, -0.1) is 0 Å². The second-order valence-electron chi connectivity index (χ2n) is 28.7. The molecule has 0 saturated heterocycles.